The maximum absolute atomic E-state index is 3.55. The zero-order valence-electron chi connectivity index (χ0n) is 8.27. The molecule has 0 amide bonds. The Morgan fingerprint density at radius 3 is 1.55 bits per heavy atom. The molecule has 0 nitrogen and oxygen atoms in total. The van der Waals surface area contributed by atoms with Crippen molar-refractivity contribution in [1.29, 1.82) is 0 Å². The summed E-state index contributed by atoms with van der Waals surface area (Å²) in [5.41, 5.74) is 0. The summed E-state index contributed by atoms with van der Waals surface area (Å²) in [5, 5.41) is 0. The molecule has 0 aliphatic heterocycles. The maximum atomic E-state index is 3.55. The third-order valence-electron chi connectivity index (χ3n) is 1.13. The number of unbranched alkanes of at least 4 members (excludes halogenated alkanes) is 1. The molecule has 0 aromatic heterocycles. The summed E-state index contributed by atoms with van der Waals surface area (Å²) >= 11 is 0. The van der Waals surface area contributed by atoms with Crippen LogP contribution in [0.3, 0.4) is 0 Å². The van der Waals surface area contributed by atoms with E-state index >= 15 is 0 Å². The summed E-state index contributed by atoms with van der Waals surface area (Å²) < 4.78 is 0. The molecule has 0 spiro atoms. The van der Waals surface area contributed by atoms with E-state index in [2.05, 4.69) is 39.5 Å². The van der Waals surface area contributed by atoms with Gasteiger partial charge in [0.05, 0.1) is 0 Å². The molecule has 0 unspecified atom stereocenters. The molecule has 0 heterocycles. The van der Waals surface area contributed by atoms with E-state index in [0.717, 1.165) is 6.42 Å². The molecule has 0 saturated heterocycles. The Morgan fingerprint density at radius 2 is 1.45 bits per heavy atom. The van der Waals surface area contributed by atoms with E-state index in [1.165, 1.54) is 19.3 Å². The van der Waals surface area contributed by atoms with Gasteiger partial charge in [-0.25, -0.2) is 0 Å². The van der Waals surface area contributed by atoms with Crippen LogP contribution in [0.4, 0.5) is 0 Å². The summed E-state index contributed by atoms with van der Waals surface area (Å²) in [7, 11) is 0. The van der Waals surface area contributed by atoms with Crippen molar-refractivity contribution in [2.24, 2.45) is 0 Å². The molecule has 0 heteroatoms. The molecular formula is C11H22. The van der Waals surface area contributed by atoms with E-state index in [9.17, 15) is 0 Å². The Labute approximate surface area is 72.0 Å². The highest BCUT2D eigenvalue weighted by molar-refractivity contribution is 4.77. The molecule has 0 N–H and O–H groups in total. The van der Waals surface area contributed by atoms with Crippen molar-refractivity contribution in [2.75, 3.05) is 0 Å². The van der Waals surface area contributed by atoms with Crippen LogP contribution in [0, 0.1) is 0 Å². The van der Waals surface area contributed by atoms with E-state index in [-0.39, 0.29) is 0 Å². The molecule has 11 heavy (non-hydrogen) atoms. The van der Waals surface area contributed by atoms with Crippen LogP contribution in [-0.2, 0) is 0 Å². The average Bonchev–Trinajstić information content (AvgIpc) is 2.04. The lowest BCUT2D eigenvalue weighted by Gasteiger charge is -1.72. The van der Waals surface area contributed by atoms with Crippen LogP contribution in [0.15, 0.2) is 24.8 Å². The Kier molecular flexibility index (Phi) is 19.3. The van der Waals surface area contributed by atoms with E-state index in [4.69, 9.17) is 0 Å². The quantitative estimate of drug-likeness (QED) is 0.528. The molecule has 0 bridgehead atoms. The number of hydrogen-bond donors (Lipinski definition) is 0. The van der Waals surface area contributed by atoms with Crippen molar-refractivity contribution in [1.82, 2.24) is 0 Å². The van der Waals surface area contributed by atoms with Gasteiger partial charge in [0.25, 0.3) is 0 Å². The first kappa shape index (κ1) is 13.1. The molecule has 66 valence electrons. The lowest BCUT2D eigenvalue weighted by Crippen LogP contribution is -1.52. The second kappa shape index (κ2) is 16.2. The van der Waals surface area contributed by atoms with Gasteiger partial charge in [0.15, 0.2) is 0 Å². The zero-order chi connectivity index (χ0) is 8.95. The van der Waals surface area contributed by atoms with Crippen molar-refractivity contribution >= 4 is 0 Å². The minimum absolute atomic E-state index is 1.15. The van der Waals surface area contributed by atoms with Crippen LogP contribution in [0.1, 0.15) is 46.5 Å². The lowest BCUT2D eigenvalue weighted by atomic mass is 10.3. The fraction of sp³-hybridized carbons (Fsp3) is 0.636. The van der Waals surface area contributed by atoms with Crippen LogP contribution in [-0.4, -0.2) is 0 Å². The van der Waals surface area contributed by atoms with Crippen molar-refractivity contribution < 1.29 is 0 Å². The average molecular weight is 154 g/mol. The smallest absolute Gasteiger partial charge is 0.0356 e. The zero-order valence-corrected chi connectivity index (χ0v) is 8.27. The maximum Gasteiger partial charge on any atom is -0.0356 e. The normalized spacial score (nSPS) is 9.00. The fourth-order valence-electron chi connectivity index (χ4n) is 0.537. The number of rotatable bonds is 4. The fourth-order valence-corrected chi connectivity index (χ4v) is 0.537. The van der Waals surface area contributed by atoms with Gasteiger partial charge >= 0.3 is 0 Å². The first-order valence-corrected chi connectivity index (χ1v) is 4.59. The Bertz CT molecular complexity index is 74.0. The molecule has 0 rings (SSSR count). The molecule has 0 radical (unpaired) electrons. The number of hydrogen-bond acceptors (Lipinski definition) is 0. The van der Waals surface area contributed by atoms with Gasteiger partial charge in [-0.3, -0.25) is 0 Å². The Hall–Kier alpha value is -0.520. The van der Waals surface area contributed by atoms with Gasteiger partial charge in [0, 0.05) is 0 Å². The van der Waals surface area contributed by atoms with Gasteiger partial charge in [-0.15, -0.1) is 6.58 Å². The lowest BCUT2D eigenvalue weighted by molar-refractivity contribution is 0.961. The Balaban J connectivity index is 0. The van der Waals surface area contributed by atoms with Crippen LogP contribution < -0.4 is 0 Å². The summed E-state index contributed by atoms with van der Waals surface area (Å²) in [4.78, 5) is 0. The summed E-state index contributed by atoms with van der Waals surface area (Å²) in [6.07, 6.45) is 11.0. The monoisotopic (exact) mass is 154 g/mol. The van der Waals surface area contributed by atoms with Crippen molar-refractivity contribution in [3.8, 4) is 0 Å². The molecule has 0 saturated carbocycles. The molecular weight excluding hydrogens is 132 g/mol. The van der Waals surface area contributed by atoms with Crippen molar-refractivity contribution in [3.05, 3.63) is 24.8 Å². The molecule has 0 aliphatic carbocycles. The molecule has 0 fully saturated rings. The van der Waals surface area contributed by atoms with E-state index in [1.54, 1.807) is 0 Å². The van der Waals surface area contributed by atoms with Gasteiger partial charge in [-0.05, 0) is 19.3 Å². The molecule has 0 aliphatic rings. The first-order chi connectivity index (χ1) is 5.33. The van der Waals surface area contributed by atoms with Gasteiger partial charge in [0.2, 0.25) is 0 Å². The third kappa shape index (κ3) is 26.4. The highest BCUT2D eigenvalue weighted by atomic mass is 13.7. The van der Waals surface area contributed by atoms with Crippen molar-refractivity contribution in [2.45, 2.75) is 46.5 Å². The van der Waals surface area contributed by atoms with E-state index < -0.39 is 0 Å². The van der Waals surface area contributed by atoms with Gasteiger partial charge in [0.1, 0.15) is 0 Å². The highest BCUT2D eigenvalue weighted by Gasteiger charge is 1.61. The predicted octanol–water partition coefficient (Wildman–Crippen LogP) is 4.34. The summed E-state index contributed by atoms with van der Waals surface area (Å²) in [6.45, 7) is 9.98. The summed E-state index contributed by atoms with van der Waals surface area (Å²) in [5.74, 6) is 0. The third-order valence-corrected chi connectivity index (χ3v) is 1.13. The first-order valence-electron chi connectivity index (χ1n) is 4.59. The van der Waals surface area contributed by atoms with Crippen LogP contribution in [0.2, 0.25) is 0 Å². The minimum atomic E-state index is 1.15. The standard InChI is InChI=1S/C6H12.C5H10/c1-3-5-6-4-2;1-3-5-4-2/h5-6H,3-4H2,1-2H3;3H,1,4-5H2,2H3/b6-5+;. The van der Waals surface area contributed by atoms with Crippen LogP contribution in [0.5, 0.6) is 0 Å². The van der Waals surface area contributed by atoms with Crippen LogP contribution >= 0.6 is 0 Å². The SMILES string of the molecule is C=CCCC.CC/C=C/CC. The van der Waals surface area contributed by atoms with Crippen LogP contribution in [0.25, 0.3) is 0 Å². The van der Waals surface area contributed by atoms with E-state index in [0.29, 0.717) is 0 Å². The van der Waals surface area contributed by atoms with Crippen molar-refractivity contribution in [3.63, 3.8) is 0 Å². The largest absolute Gasteiger partial charge is 0.103 e. The van der Waals surface area contributed by atoms with Gasteiger partial charge < -0.3 is 0 Å². The molecule has 0 atom stereocenters. The Morgan fingerprint density at radius 1 is 1.00 bits per heavy atom. The number of allylic oxidation sites excluding steroid dienone is 3. The topological polar surface area (TPSA) is 0 Å². The predicted molar refractivity (Wildman–Crippen MR) is 54.8 cm³/mol. The molecule has 0 aromatic rings. The van der Waals surface area contributed by atoms with Gasteiger partial charge in [-0.2, -0.15) is 0 Å². The minimum Gasteiger partial charge on any atom is -0.103 e. The summed E-state index contributed by atoms with van der Waals surface area (Å²) in [6, 6.07) is 0. The second-order valence-corrected chi connectivity index (χ2v) is 2.37. The molecule has 0 aromatic carbocycles. The van der Waals surface area contributed by atoms with Gasteiger partial charge in [-0.1, -0.05) is 45.4 Å². The highest BCUT2D eigenvalue weighted by Crippen LogP contribution is 1.82. The van der Waals surface area contributed by atoms with E-state index in [1.807, 2.05) is 6.08 Å². The second-order valence-electron chi connectivity index (χ2n) is 2.37.